The van der Waals surface area contributed by atoms with Gasteiger partial charge in [0, 0.05) is 17.6 Å². The molecule has 0 bridgehead atoms. The number of rotatable bonds is 9. The van der Waals surface area contributed by atoms with Crippen molar-refractivity contribution in [2.45, 2.75) is 59.7 Å². The van der Waals surface area contributed by atoms with E-state index in [1.807, 2.05) is 52.0 Å². The van der Waals surface area contributed by atoms with Gasteiger partial charge in [0.15, 0.2) is 6.61 Å². The number of nitrogens with zero attached hydrogens (tertiary/aromatic N) is 1. The Kier molecular flexibility index (Phi) is 8.72. The molecule has 2 unspecified atom stereocenters. The number of amides is 2. The molecule has 2 aromatic rings. The van der Waals surface area contributed by atoms with Crippen LogP contribution in [0.3, 0.4) is 0 Å². The Balaban J connectivity index is 2.15. The molecular formula is C24H31ClN2O3. The Morgan fingerprint density at radius 2 is 1.77 bits per heavy atom. The second-order valence-electron chi connectivity index (χ2n) is 7.70. The molecule has 0 heterocycles. The number of nitrogens with one attached hydrogen (secondary N) is 1. The van der Waals surface area contributed by atoms with E-state index < -0.39 is 6.04 Å². The van der Waals surface area contributed by atoms with Gasteiger partial charge in [-0.2, -0.15) is 0 Å². The molecule has 6 heteroatoms. The van der Waals surface area contributed by atoms with Gasteiger partial charge in [-0.25, -0.2) is 0 Å². The Bertz CT molecular complexity index is 867. The summed E-state index contributed by atoms with van der Waals surface area (Å²) >= 11 is 6.05. The molecule has 0 spiro atoms. The van der Waals surface area contributed by atoms with Gasteiger partial charge in [0.1, 0.15) is 11.8 Å². The van der Waals surface area contributed by atoms with E-state index in [4.69, 9.17) is 16.3 Å². The summed E-state index contributed by atoms with van der Waals surface area (Å²) < 4.78 is 5.69. The third-order valence-electron chi connectivity index (χ3n) is 5.13. The van der Waals surface area contributed by atoms with E-state index in [1.54, 1.807) is 30.0 Å². The quantitative estimate of drug-likeness (QED) is 0.629. The average molecular weight is 431 g/mol. The van der Waals surface area contributed by atoms with Gasteiger partial charge >= 0.3 is 0 Å². The molecule has 30 heavy (non-hydrogen) atoms. The van der Waals surface area contributed by atoms with Crippen molar-refractivity contribution >= 4 is 23.4 Å². The first-order chi connectivity index (χ1) is 14.2. The molecule has 1 N–H and O–H groups in total. The van der Waals surface area contributed by atoms with E-state index in [0.29, 0.717) is 17.3 Å². The minimum Gasteiger partial charge on any atom is -0.484 e. The third kappa shape index (κ3) is 6.77. The van der Waals surface area contributed by atoms with Gasteiger partial charge in [-0.05, 0) is 63.4 Å². The number of ether oxygens (including phenoxy) is 1. The summed E-state index contributed by atoms with van der Waals surface area (Å²) in [5, 5.41) is 3.60. The molecule has 162 valence electrons. The van der Waals surface area contributed by atoms with Crippen LogP contribution in [0.5, 0.6) is 5.75 Å². The van der Waals surface area contributed by atoms with Gasteiger partial charge < -0.3 is 15.0 Å². The Morgan fingerprint density at radius 3 is 2.37 bits per heavy atom. The number of carbonyl (C=O) groups excluding carboxylic acids is 2. The number of benzene rings is 2. The van der Waals surface area contributed by atoms with Crippen LogP contribution < -0.4 is 10.1 Å². The number of carbonyl (C=O) groups is 2. The first-order valence-electron chi connectivity index (χ1n) is 10.3. The third-order valence-corrected chi connectivity index (χ3v) is 5.56. The highest BCUT2D eigenvalue weighted by atomic mass is 35.5. The minimum absolute atomic E-state index is 0.0459. The minimum atomic E-state index is -0.622. The second-order valence-corrected chi connectivity index (χ2v) is 8.11. The molecule has 0 aliphatic rings. The highest BCUT2D eigenvalue weighted by Crippen LogP contribution is 2.21. The van der Waals surface area contributed by atoms with Crippen LogP contribution in [0.25, 0.3) is 0 Å². The van der Waals surface area contributed by atoms with Crippen LogP contribution in [0.2, 0.25) is 5.02 Å². The maximum Gasteiger partial charge on any atom is 0.261 e. The fraction of sp³-hybridized carbons (Fsp3) is 0.417. The van der Waals surface area contributed by atoms with Crippen LogP contribution in [0.15, 0.2) is 42.5 Å². The zero-order valence-corrected chi connectivity index (χ0v) is 19.1. The molecule has 0 aromatic heterocycles. The van der Waals surface area contributed by atoms with Crippen LogP contribution in [-0.4, -0.2) is 35.4 Å². The zero-order chi connectivity index (χ0) is 22.3. The van der Waals surface area contributed by atoms with Crippen LogP contribution in [0, 0.1) is 13.8 Å². The topological polar surface area (TPSA) is 58.6 Å². The van der Waals surface area contributed by atoms with Crippen LogP contribution in [-0.2, 0) is 16.1 Å². The highest BCUT2D eigenvalue weighted by Gasteiger charge is 2.27. The van der Waals surface area contributed by atoms with Crippen molar-refractivity contribution in [2.24, 2.45) is 0 Å². The van der Waals surface area contributed by atoms with Gasteiger partial charge in [-0.1, -0.05) is 48.4 Å². The molecule has 0 aliphatic carbocycles. The molecule has 2 rings (SSSR count). The fourth-order valence-electron chi connectivity index (χ4n) is 2.87. The van der Waals surface area contributed by atoms with Crippen LogP contribution >= 0.6 is 11.6 Å². The van der Waals surface area contributed by atoms with Gasteiger partial charge in [0.05, 0.1) is 0 Å². The largest absolute Gasteiger partial charge is 0.484 e. The second kappa shape index (κ2) is 11.0. The summed E-state index contributed by atoms with van der Waals surface area (Å²) in [5.74, 6) is 0.138. The van der Waals surface area contributed by atoms with Gasteiger partial charge in [-0.3, -0.25) is 9.59 Å². The van der Waals surface area contributed by atoms with E-state index in [1.165, 1.54) is 0 Å². The van der Waals surface area contributed by atoms with Crippen molar-refractivity contribution in [3.63, 3.8) is 0 Å². The molecule has 0 radical (unpaired) electrons. The monoisotopic (exact) mass is 430 g/mol. The van der Waals surface area contributed by atoms with Gasteiger partial charge in [0.25, 0.3) is 5.91 Å². The zero-order valence-electron chi connectivity index (χ0n) is 18.4. The van der Waals surface area contributed by atoms with Crippen molar-refractivity contribution in [1.82, 2.24) is 10.2 Å². The molecule has 5 nitrogen and oxygen atoms in total. The molecule has 0 aliphatic heterocycles. The van der Waals surface area contributed by atoms with Crippen molar-refractivity contribution in [3.05, 3.63) is 64.2 Å². The first kappa shape index (κ1) is 23.7. The lowest BCUT2D eigenvalue weighted by molar-refractivity contribution is -0.142. The highest BCUT2D eigenvalue weighted by molar-refractivity contribution is 6.31. The normalized spacial score (nSPS) is 12.7. The predicted octanol–water partition coefficient (Wildman–Crippen LogP) is 4.67. The SMILES string of the molecule is CCC(C)NC(=O)C(C)N(Cc1ccc(C)cc1)C(=O)COc1ccc(Cl)c(C)c1. The van der Waals surface area contributed by atoms with Gasteiger partial charge in [-0.15, -0.1) is 0 Å². The summed E-state index contributed by atoms with van der Waals surface area (Å²) in [6.07, 6.45) is 0.823. The number of hydrogen-bond acceptors (Lipinski definition) is 3. The summed E-state index contributed by atoms with van der Waals surface area (Å²) in [6.45, 7) is 9.76. The van der Waals surface area contributed by atoms with Crippen molar-refractivity contribution in [3.8, 4) is 5.75 Å². The number of hydrogen-bond donors (Lipinski definition) is 1. The maximum absolute atomic E-state index is 13.0. The standard InChI is InChI=1S/C24H31ClN2O3/c1-6-18(4)26-24(29)19(5)27(14-20-9-7-16(2)8-10-20)23(28)15-30-21-11-12-22(25)17(3)13-21/h7-13,18-19H,6,14-15H2,1-5H3,(H,26,29). The van der Waals surface area contributed by atoms with E-state index >= 15 is 0 Å². The van der Waals surface area contributed by atoms with Crippen LogP contribution in [0.4, 0.5) is 0 Å². The van der Waals surface area contributed by atoms with E-state index in [-0.39, 0.29) is 24.5 Å². The Labute approximate surface area is 184 Å². The summed E-state index contributed by atoms with van der Waals surface area (Å²) in [4.78, 5) is 27.3. The summed E-state index contributed by atoms with van der Waals surface area (Å²) in [6, 6.07) is 12.6. The predicted molar refractivity (Wildman–Crippen MR) is 121 cm³/mol. The van der Waals surface area contributed by atoms with Crippen LogP contribution in [0.1, 0.15) is 43.9 Å². The molecule has 2 aromatic carbocycles. The lowest BCUT2D eigenvalue weighted by atomic mass is 10.1. The van der Waals surface area contributed by atoms with Crippen molar-refractivity contribution < 1.29 is 14.3 Å². The Morgan fingerprint density at radius 1 is 1.10 bits per heavy atom. The smallest absolute Gasteiger partial charge is 0.261 e. The molecule has 2 atom stereocenters. The summed E-state index contributed by atoms with van der Waals surface area (Å²) in [5.41, 5.74) is 2.97. The lowest BCUT2D eigenvalue weighted by Crippen LogP contribution is -2.50. The Hall–Kier alpha value is -2.53. The number of aryl methyl sites for hydroxylation is 2. The van der Waals surface area contributed by atoms with Crippen molar-refractivity contribution in [2.75, 3.05) is 6.61 Å². The van der Waals surface area contributed by atoms with E-state index in [0.717, 1.165) is 23.1 Å². The van der Waals surface area contributed by atoms with Crippen molar-refractivity contribution in [1.29, 1.82) is 0 Å². The molecule has 0 fully saturated rings. The molecule has 0 saturated carbocycles. The van der Waals surface area contributed by atoms with E-state index in [2.05, 4.69) is 5.32 Å². The fourth-order valence-corrected chi connectivity index (χ4v) is 2.99. The average Bonchev–Trinajstić information content (AvgIpc) is 2.73. The first-order valence-corrected chi connectivity index (χ1v) is 10.6. The molecule has 0 saturated heterocycles. The number of halogens is 1. The maximum atomic E-state index is 13.0. The molecular weight excluding hydrogens is 400 g/mol. The summed E-state index contributed by atoms with van der Waals surface area (Å²) in [7, 11) is 0. The molecule has 2 amide bonds. The lowest BCUT2D eigenvalue weighted by Gasteiger charge is -2.29. The van der Waals surface area contributed by atoms with Gasteiger partial charge in [0.2, 0.25) is 5.91 Å². The van der Waals surface area contributed by atoms with E-state index in [9.17, 15) is 9.59 Å².